The minimum Gasteiger partial charge on any atom is -0.486 e. The Balaban J connectivity index is 1.68. The van der Waals surface area contributed by atoms with Crippen molar-refractivity contribution >= 4 is 5.91 Å². The molecule has 0 spiro atoms. The molecular weight excluding hydrogens is 310 g/mol. The number of ether oxygens (including phenoxy) is 2. The second kappa shape index (κ2) is 7.44. The monoisotopic (exact) mass is 331 g/mol. The first kappa shape index (κ1) is 16.4. The van der Waals surface area contributed by atoms with Crippen molar-refractivity contribution in [1.82, 2.24) is 15.0 Å². The van der Waals surface area contributed by atoms with E-state index in [1.807, 2.05) is 31.2 Å². The predicted molar refractivity (Wildman–Crippen MR) is 86.6 cm³/mol. The summed E-state index contributed by atoms with van der Waals surface area (Å²) in [5.74, 6) is 1.87. The van der Waals surface area contributed by atoms with Gasteiger partial charge in [0.2, 0.25) is 5.91 Å². The van der Waals surface area contributed by atoms with E-state index in [0.717, 1.165) is 5.56 Å². The van der Waals surface area contributed by atoms with Crippen LogP contribution in [-0.2, 0) is 16.0 Å². The van der Waals surface area contributed by atoms with Crippen LogP contribution >= 0.6 is 0 Å². The number of likely N-dealkylation sites (tertiary alicyclic amines) is 1. The number of benzene rings is 1. The Kier molecular flexibility index (Phi) is 5.10. The fourth-order valence-corrected chi connectivity index (χ4v) is 2.52. The molecule has 0 unspecified atom stereocenters. The summed E-state index contributed by atoms with van der Waals surface area (Å²) in [4.78, 5) is 17.8. The van der Waals surface area contributed by atoms with Crippen LogP contribution in [0.3, 0.4) is 0 Å². The number of rotatable bonds is 7. The van der Waals surface area contributed by atoms with E-state index in [1.54, 1.807) is 12.0 Å². The first-order valence-corrected chi connectivity index (χ1v) is 8.06. The fourth-order valence-electron chi connectivity index (χ4n) is 2.52. The summed E-state index contributed by atoms with van der Waals surface area (Å²) < 4.78 is 16.4. The second-order valence-corrected chi connectivity index (χ2v) is 5.65. The Morgan fingerprint density at radius 1 is 1.38 bits per heavy atom. The van der Waals surface area contributed by atoms with Crippen LogP contribution in [0.2, 0.25) is 0 Å². The van der Waals surface area contributed by atoms with Crippen LogP contribution in [0.25, 0.3) is 11.5 Å². The van der Waals surface area contributed by atoms with Crippen LogP contribution in [0.4, 0.5) is 0 Å². The van der Waals surface area contributed by atoms with Crippen LogP contribution in [0.1, 0.15) is 19.2 Å². The molecule has 2 heterocycles. The number of hydrogen-bond donors (Lipinski definition) is 0. The molecule has 0 bridgehead atoms. The van der Waals surface area contributed by atoms with Gasteiger partial charge in [-0.2, -0.15) is 4.98 Å². The van der Waals surface area contributed by atoms with E-state index in [0.29, 0.717) is 50.0 Å². The van der Waals surface area contributed by atoms with Crippen molar-refractivity contribution in [3.8, 4) is 17.2 Å². The standard InChI is InChI=1S/C17H21N3O4/c1-3-16(21)20-10-12(11-20)23-14-7-5-4-6-13(14)17-18-15(19-24-17)8-9-22-2/h4-7,12H,3,8-11H2,1-2H3. The third-order valence-electron chi connectivity index (χ3n) is 3.91. The molecule has 1 aliphatic rings. The second-order valence-electron chi connectivity index (χ2n) is 5.65. The van der Waals surface area contributed by atoms with E-state index in [9.17, 15) is 4.79 Å². The van der Waals surface area contributed by atoms with Crippen molar-refractivity contribution in [3.63, 3.8) is 0 Å². The Bertz CT molecular complexity index is 695. The SMILES string of the molecule is CCC(=O)N1CC(Oc2ccccc2-c2nc(CCOC)no2)C1. The molecule has 0 atom stereocenters. The molecule has 0 radical (unpaired) electrons. The normalized spacial score (nSPS) is 14.5. The third-order valence-corrected chi connectivity index (χ3v) is 3.91. The van der Waals surface area contributed by atoms with Gasteiger partial charge >= 0.3 is 0 Å². The molecule has 2 aromatic rings. The van der Waals surface area contributed by atoms with Gasteiger partial charge in [-0.15, -0.1) is 0 Å². The minimum absolute atomic E-state index is 0.00228. The van der Waals surface area contributed by atoms with Crippen LogP contribution in [0.5, 0.6) is 5.75 Å². The number of para-hydroxylation sites is 1. The van der Waals surface area contributed by atoms with E-state index >= 15 is 0 Å². The smallest absolute Gasteiger partial charge is 0.261 e. The highest BCUT2D eigenvalue weighted by molar-refractivity contribution is 5.76. The van der Waals surface area contributed by atoms with Gasteiger partial charge in [0.1, 0.15) is 11.9 Å². The van der Waals surface area contributed by atoms with Gasteiger partial charge in [-0.3, -0.25) is 4.79 Å². The van der Waals surface area contributed by atoms with Crippen molar-refractivity contribution in [3.05, 3.63) is 30.1 Å². The molecule has 1 aromatic heterocycles. The lowest BCUT2D eigenvalue weighted by Gasteiger charge is -2.39. The third kappa shape index (κ3) is 3.56. The molecule has 0 aliphatic carbocycles. The summed E-state index contributed by atoms with van der Waals surface area (Å²) in [5, 5.41) is 3.96. The zero-order valence-corrected chi connectivity index (χ0v) is 13.9. The molecule has 1 saturated heterocycles. The zero-order chi connectivity index (χ0) is 16.9. The molecule has 24 heavy (non-hydrogen) atoms. The van der Waals surface area contributed by atoms with Crippen LogP contribution in [-0.4, -0.2) is 53.9 Å². The Hall–Kier alpha value is -2.41. The van der Waals surface area contributed by atoms with Gasteiger partial charge in [-0.25, -0.2) is 0 Å². The van der Waals surface area contributed by atoms with Gasteiger partial charge < -0.3 is 18.9 Å². The lowest BCUT2D eigenvalue weighted by atomic mass is 10.1. The van der Waals surface area contributed by atoms with E-state index in [4.69, 9.17) is 14.0 Å². The van der Waals surface area contributed by atoms with Crippen molar-refractivity contribution in [2.75, 3.05) is 26.8 Å². The topological polar surface area (TPSA) is 77.7 Å². The van der Waals surface area contributed by atoms with Crippen molar-refractivity contribution in [2.24, 2.45) is 0 Å². The maximum atomic E-state index is 11.6. The lowest BCUT2D eigenvalue weighted by molar-refractivity contribution is -0.139. The average Bonchev–Trinajstić information content (AvgIpc) is 3.04. The van der Waals surface area contributed by atoms with Gasteiger partial charge in [-0.1, -0.05) is 24.2 Å². The Labute approximate surface area is 140 Å². The highest BCUT2D eigenvalue weighted by Crippen LogP contribution is 2.30. The van der Waals surface area contributed by atoms with Gasteiger partial charge in [0.05, 0.1) is 25.3 Å². The van der Waals surface area contributed by atoms with Crippen LogP contribution in [0.15, 0.2) is 28.8 Å². The molecule has 1 aliphatic heterocycles. The van der Waals surface area contributed by atoms with E-state index in [2.05, 4.69) is 10.1 Å². The van der Waals surface area contributed by atoms with E-state index < -0.39 is 0 Å². The predicted octanol–water partition coefficient (Wildman–Crippen LogP) is 1.93. The van der Waals surface area contributed by atoms with Crippen LogP contribution < -0.4 is 4.74 Å². The zero-order valence-electron chi connectivity index (χ0n) is 13.9. The van der Waals surface area contributed by atoms with Crippen LogP contribution in [0, 0.1) is 0 Å². The molecule has 7 heteroatoms. The number of hydrogen-bond acceptors (Lipinski definition) is 6. The molecule has 0 N–H and O–H groups in total. The Morgan fingerprint density at radius 3 is 2.92 bits per heavy atom. The number of carbonyl (C=O) groups excluding carboxylic acids is 1. The van der Waals surface area contributed by atoms with Gasteiger partial charge in [0.25, 0.3) is 5.89 Å². The molecule has 128 valence electrons. The Morgan fingerprint density at radius 2 is 2.17 bits per heavy atom. The van der Waals surface area contributed by atoms with Gasteiger partial charge in [0, 0.05) is 20.0 Å². The molecular formula is C17H21N3O4. The summed E-state index contributed by atoms with van der Waals surface area (Å²) in [7, 11) is 1.63. The van der Waals surface area contributed by atoms with Crippen molar-refractivity contribution in [1.29, 1.82) is 0 Å². The highest BCUT2D eigenvalue weighted by Gasteiger charge is 2.32. The quantitative estimate of drug-likeness (QED) is 0.771. The lowest BCUT2D eigenvalue weighted by Crippen LogP contribution is -2.56. The molecule has 7 nitrogen and oxygen atoms in total. The number of carbonyl (C=O) groups is 1. The number of amides is 1. The summed E-state index contributed by atoms with van der Waals surface area (Å²) in [6, 6.07) is 7.55. The number of nitrogens with zero attached hydrogens (tertiary/aromatic N) is 3. The molecule has 0 saturated carbocycles. The maximum Gasteiger partial charge on any atom is 0.261 e. The van der Waals surface area contributed by atoms with Gasteiger partial charge in [-0.05, 0) is 12.1 Å². The summed E-state index contributed by atoms with van der Waals surface area (Å²) >= 11 is 0. The van der Waals surface area contributed by atoms with Crippen molar-refractivity contribution in [2.45, 2.75) is 25.9 Å². The largest absolute Gasteiger partial charge is 0.486 e. The number of methoxy groups -OCH3 is 1. The summed E-state index contributed by atoms with van der Waals surface area (Å²) in [6.45, 7) is 3.64. The minimum atomic E-state index is -0.00228. The first-order chi connectivity index (χ1) is 11.7. The molecule has 1 amide bonds. The highest BCUT2D eigenvalue weighted by atomic mass is 16.5. The molecule has 1 fully saturated rings. The molecule has 1 aromatic carbocycles. The maximum absolute atomic E-state index is 11.6. The first-order valence-electron chi connectivity index (χ1n) is 8.06. The van der Waals surface area contributed by atoms with E-state index in [1.165, 1.54) is 0 Å². The molecule has 3 rings (SSSR count). The van der Waals surface area contributed by atoms with Gasteiger partial charge in [0.15, 0.2) is 5.82 Å². The average molecular weight is 331 g/mol. The fraction of sp³-hybridized carbons (Fsp3) is 0.471. The summed E-state index contributed by atoms with van der Waals surface area (Å²) in [5.41, 5.74) is 0.758. The number of aromatic nitrogens is 2. The van der Waals surface area contributed by atoms with E-state index in [-0.39, 0.29) is 12.0 Å². The van der Waals surface area contributed by atoms with Crippen molar-refractivity contribution < 1.29 is 18.8 Å². The summed E-state index contributed by atoms with van der Waals surface area (Å²) in [6.07, 6.45) is 1.12.